The van der Waals surface area contributed by atoms with E-state index >= 15 is 0 Å². The number of benzene rings is 6. The molecule has 24 nitrogen and oxygen atoms in total. The van der Waals surface area contributed by atoms with Crippen molar-refractivity contribution in [2.24, 2.45) is 10.2 Å². The number of aliphatic hydroxyl groups is 2. The van der Waals surface area contributed by atoms with Gasteiger partial charge in [-0.25, -0.2) is 4.79 Å². The minimum atomic E-state index is -5.07. The molecular formula is C46H41N7NaO17S4+. The molecule has 75 heavy (non-hydrogen) atoms. The summed E-state index contributed by atoms with van der Waals surface area (Å²) in [6.45, 7) is 1.61. The number of carbonyl (C=O) groups is 3. The number of aliphatic hydroxyl groups excluding tert-OH is 2. The molecule has 0 bridgehead atoms. The molecule has 8 rings (SSSR count). The summed E-state index contributed by atoms with van der Waals surface area (Å²) >= 11 is 0. The Bertz CT molecular complexity index is 3670. The van der Waals surface area contributed by atoms with Gasteiger partial charge in [0.15, 0.2) is 11.4 Å². The summed E-state index contributed by atoms with van der Waals surface area (Å²) in [6.07, 6.45) is 2.14. The number of carbonyl (C=O) groups excluding carboxylic acids is 3. The van der Waals surface area contributed by atoms with E-state index in [9.17, 15) is 66.3 Å². The van der Waals surface area contributed by atoms with E-state index < -0.39 is 100 Å². The SMILES string of the molecule is CN(CCO)CCO.O=C(Nc1cc2cc(N/N=C3\C(=O)c4ccccc4C=C3S(=O)(=O)O)ccc2cc1S(=O)(=O)O)Nc1cc2cc(N/N=C3\C(=O)c4ccccc4C=C3S(=O)(=O)O)ccc2cc1S(=O)(=O)O.[Na+]. The molecular weight excluding hydrogens is 1070 g/mol. The molecule has 0 fully saturated rings. The number of Topliss-reactive ketones (excluding diaryl/α,β-unsaturated/α-hetero) is 2. The number of urea groups is 1. The van der Waals surface area contributed by atoms with Gasteiger partial charge in [0.2, 0.25) is 11.6 Å². The van der Waals surface area contributed by atoms with E-state index in [-0.39, 0.29) is 97.9 Å². The van der Waals surface area contributed by atoms with Crippen LogP contribution >= 0.6 is 0 Å². The monoisotopic (exact) mass is 1110 g/mol. The van der Waals surface area contributed by atoms with Gasteiger partial charge in [-0.1, -0.05) is 60.7 Å². The van der Waals surface area contributed by atoms with Crippen molar-refractivity contribution in [3.63, 3.8) is 0 Å². The number of anilines is 4. The molecule has 0 aliphatic heterocycles. The van der Waals surface area contributed by atoms with Gasteiger partial charge in [0.25, 0.3) is 40.5 Å². The van der Waals surface area contributed by atoms with Crippen LogP contribution in [-0.4, -0.2) is 129 Å². The fraction of sp³-hybridized carbons (Fsp3) is 0.109. The van der Waals surface area contributed by atoms with Crippen LogP contribution < -0.4 is 51.0 Å². The maximum absolute atomic E-state index is 13.5. The van der Waals surface area contributed by atoms with Gasteiger partial charge >= 0.3 is 35.6 Å². The number of hydrogen-bond donors (Lipinski definition) is 10. The molecule has 386 valence electrons. The Labute approximate surface area is 449 Å². The fourth-order valence-corrected chi connectivity index (χ4v) is 10.1. The molecule has 0 unspecified atom stereocenters. The molecule has 2 aliphatic rings. The summed E-state index contributed by atoms with van der Waals surface area (Å²) in [4.78, 5) is 38.7. The molecule has 0 radical (unpaired) electrons. The van der Waals surface area contributed by atoms with E-state index in [0.717, 1.165) is 36.4 Å². The first-order chi connectivity index (χ1) is 34.8. The average molecular weight is 1120 g/mol. The van der Waals surface area contributed by atoms with Crippen LogP contribution in [0.3, 0.4) is 0 Å². The Morgan fingerprint density at radius 1 is 0.520 bits per heavy atom. The Morgan fingerprint density at radius 3 is 1.24 bits per heavy atom. The molecule has 0 atom stereocenters. The van der Waals surface area contributed by atoms with Crippen molar-refractivity contribution in [3.8, 4) is 0 Å². The van der Waals surface area contributed by atoms with E-state index in [1.54, 1.807) is 24.3 Å². The summed E-state index contributed by atoms with van der Waals surface area (Å²) in [5.74, 6) is -1.65. The number of amides is 2. The number of rotatable bonds is 14. The molecule has 6 aromatic carbocycles. The summed E-state index contributed by atoms with van der Waals surface area (Å²) in [7, 11) is -18.2. The van der Waals surface area contributed by atoms with E-state index in [1.165, 1.54) is 60.7 Å². The molecule has 6 aromatic rings. The van der Waals surface area contributed by atoms with Crippen LogP contribution in [0.1, 0.15) is 31.8 Å². The summed E-state index contributed by atoms with van der Waals surface area (Å²) in [5, 5.41) is 29.7. The molecule has 10 N–H and O–H groups in total. The van der Waals surface area contributed by atoms with Crippen molar-refractivity contribution in [2.75, 3.05) is 54.8 Å². The Kier molecular flexibility index (Phi) is 17.8. The predicted octanol–water partition coefficient (Wildman–Crippen LogP) is 1.82. The van der Waals surface area contributed by atoms with E-state index in [2.05, 4.69) is 31.7 Å². The van der Waals surface area contributed by atoms with Gasteiger partial charge in [0.05, 0.1) is 36.0 Å². The third-order valence-corrected chi connectivity index (χ3v) is 14.4. The molecule has 0 saturated carbocycles. The van der Waals surface area contributed by atoms with Gasteiger partial charge in [-0.3, -0.25) is 38.7 Å². The number of allylic oxidation sites excluding steroid dienone is 2. The van der Waals surface area contributed by atoms with Gasteiger partial charge < -0.3 is 25.7 Å². The maximum Gasteiger partial charge on any atom is 1.00 e. The number of nitrogens with one attached hydrogen (secondary N) is 4. The number of hydrogen-bond acceptors (Lipinski definition) is 18. The number of fused-ring (bicyclic) bond motifs is 4. The molecule has 0 saturated heterocycles. The average Bonchev–Trinajstić information content (AvgIpc) is 3.32. The summed E-state index contributed by atoms with van der Waals surface area (Å²) in [5.41, 5.74) is 3.50. The van der Waals surface area contributed by atoms with Gasteiger partial charge in [-0.15, -0.1) is 0 Å². The van der Waals surface area contributed by atoms with Crippen molar-refractivity contribution in [3.05, 3.63) is 141 Å². The number of nitrogens with zero attached hydrogens (tertiary/aromatic N) is 3. The zero-order valence-electron chi connectivity index (χ0n) is 39.0. The molecule has 0 spiro atoms. The van der Waals surface area contributed by atoms with Gasteiger partial charge in [0, 0.05) is 24.2 Å². The standard InChI is InChI=1S/C41H28N6O15S4.C5H13NO2.Na/c48-39-29-7-3-1-5-23(29)19-35(65(57,58)59)37(39)46-44-27-11-9-21-17-33(63(51,52)53)31(15-25(21)13-27)42-41(50)43-32-16-26-14-28(12-10-22(26)18-34(32)64(54,55)56)45-47-38-36(66(60,61)62)20-24-6-2-4-8-30(24)40(38)49;1-6(2-4-7)3-5-8;/h1-20,44-45H,(H2,42,43,50)(H,51,52,53)(H,54,55,56)(H,57,58,59)(H,60,61,62);7-8H,2-5H2,1H3;/q;;+1/b46-37-,47-38-;;. The third-order valence-electron chi connectivity index (χ3n) is 10.9. The minimum absolute atomic E-state index is 0. The van der Waals surface area contributed by atoms with Crippen LogP contribution in [0.2, 0.25) is 0 Å². The molecule has 2 amide bonds. The van der Waals surface area contributed by atoms with Crippen LogP contribution in [0.4, 0.5) is 27.5 Å². The Hall–Kier alpha value is -6.61. The van der Waals surface area contributed by atoms with Crippen molar-refractivity contribution in [1.82, 2.24) is 4.90 Å². The van der Waals surface area contributed by atoms with Gasteiger partial charge in [-0.2, -0.15) is 43.9 Å². The van der Waals surface area contributed by atoms with Crippen molar-refractivity contribution >= 4 is 126 Å². The van der Waals surface area contributed by atoms with Gasteiger partial charge in [-0.05, 0) is 100 Å². The second-order valence-corrected chi connectivity index (χ2v) is 21.6. The quantitative estimate of drug-likeness (QED) is 0.0422. The van der Waals surface area contributed by atoms with E-state index in [1.807, 2.05) is 11.9 Å². The number of hydrazone groups is 2. The van der Waals surface area contributed by atoms with Crippen LogP contribution in [0, 0.1) is 0 Å². The summed E-state index contributed by atoms with van der Waals surface area (Å²) in [6, 6.07) is 23.0. The zero-order valence-corrected chi connectivity index (χ0v) is 44.3. The second kappa shape index (κ2) is 23.1. The third kappa shape index (κ3) is 13.6. The van der Waals surface area contributed by atoms with Crippen molar-refractivity contribution in [1.29, 1.82) is 0 Å². The minimum Gasteiger partial charge on any atom is -0.395 e. The first kappa shape index (κ1) is 57.7. The Morgan fingerprint density at radius 2 is 0.893 bits per heavy atom. The Balaban J connectivity index is 0.000000939. The normalized spacial score (nSPS) is 14.8. The fourth-order valence-electron chi connectivity index (χ4n) is 7.45. The van der Waals surface area contributed by atoms with E-state index in [0.29, 0.717) is 13.1 Å². The molecule has 0 aromatic heterocycles. The second-order valence-electron chi connectivity index (χ2n) is 16.0. The van der Waals surface area contributed by atoms with Crippen LogP contribution in [-0.2, 0) is 40.5 Å². The number of ketones is 2. The van der Waals surface area contributed by atoms with Crippen LogP contribution in [0.25, 0.3) is 33.7 Å². The van der Waals surface area contributed by atoms with Crippen LogP contribution in [0.15, 0.2) is 139 Å². The zero-order chi connectivity index (χ0) is 53.9. The first-order valence-corrected chi connectivity index (χ1v) is 27.0. The number of likely N-dealkylation sites (N-methyl/N-ethyl adjacent to an activating group) is 1. The summed E-state index contributed by atoms with van der Waals surface area (Å²) < 4.78 is 139. The van der Waals surface area contributed by atoms with Gasteiger partial charge in [0.1, 0.15) is 19.6 Å². The van der Waals surface area contributed by atoms with E-state index in [4.69, 9.17) is 10.2 Å². The largest absolute Gasteiger partial charge is 1.00 e. The molecule has 29 heteroatoms. The molecule has 0 heterocycles. The predicted molar refractivity (Wildman–Crippen MR) is 275 cm³/mol. The smallest absolute Gasteiger partial charge is 0.395 e. The maximum atomic E-state index is 13.5. The van der Waals surface area contributed by atoms with Crippen molar-refractivity contribution < 1.29 is 106 Å². The molecule has 2 aliphatic carbocycles. The first-order valence-electron chi connectivity index (χ1n) is 21.2. The van der Waals surface area contributed by atoms with Crippen molar-refractivity contribution in [2.45, 2.75) is 9.79 Å². The van der Waals surface area contributed by atoms with Crippen LogP contribution in [0.5, 0.6) is 0 Å². The topological polar surface area (TPSA) is 385 Å².